The Morgan fingerprint density at radius 3 is 2.87 bits per heavy atom. The molecule has 2 rings (SSSR count). The number of carbonyl (C=O) groups excluding carboxylic acids is 2. The zero-order valence-electron chi connectivity index (χ0n) is 12.6. The molecule has 0 aromatic carbocycles. The first-order chi connectivity index (χ1) is 10.9. The summed E-state index contributed by atoms with van der Waals surface area (Å²) in [4.78, 5) is 27.6. The van der Waals surface area contributed by atoms with E-state index in [1.54, 1.807) is 13.0 Å². The number of nitrogens with one attached hydrogen (secondary N) is 1. The van der Waals surface area contributed by atoms with Gasteiger partial charge in [0.2, 0.25) is 5.88 Å². The number of hydrogen-bond acceptors (Lipinski definition) is 7. The van der Waals surface area contributed by atoms with Crippen LogP contribution in [-0.4, -0.2) is 56.0 Å². The van der Waals surface area contributed by atoms with Gasteiger partial charge >= 0.3 is 5.97 Å². The molecule has 1 saturated heterocycles. The van der Waals surface area contributed by atoms with Gasteiger partial charge in [-0.25, -0.2) is 18.2 Å². The third-order valence-electron chi connectivity index (χ3n) is 3.20. The molecule has 0 spiro atoms. The summed E-state index contributed by atoms with van der Waals surface area (Å²) in [5.41, 5.74) is 0.130. The maximum Gasteiger partial charge on any atom is 0.344 e. The molecule has 9 heteroatoms. The molecule has 1 aliphatic heterocycles. The van der Waals surface area contributed by atoms with Crippen molar-refractivity contribution in [1.82, 2.24) is 10.3 Å². The van der Waals surface area contributed by atoms with Crippen LogP contribution in [0.2, 0.25) is 0 Å². The summed E-state index contributed by atoms with van der Waals surface area (Å²) in [6.45, 7) is 1.61. The van der Waals surface area contributed by atoms with Gasteiger partial charge in [-0.05, 0) is 25.5 Å². The highest BCUT2D eigenvalue weighted by atomic mass is 32.2. The van der Waals surface area contributed by atoms with Gasteiger partial charge in [0.15, 0.2) is 16.4 Å². The van der Waals surface area contributed by atoms with Crippen LogP contribution < -0.4 is 10.1 Å². The van der Waals surface area contributed by atoms with E-state index in [0.29, 0.717) is 13.0 Å². The van der Waals surface area contributed by atoms with E-state index in [4.69, 9.17) is 9.47 Å². The minimum Gasteiger partial charge on any atom is -0.477 e. The second-order valence-electron chi connectivity index (χ2n) is 5.03. The zero-order chi connectivity index (χ0) is 16.9. The van der Waals surface area contributed by atoms with Crippen molar-refractivity contribution in [3.05, 3.63) is 23.9 Å². The fourth-order valence-corrected chi connectivity index (χ4v) is 3.86. The Hall–Kier alpha value is -2.16. The zero-order valence-corrected chi connectivity index (χ0v) is 13.5. The molecule has 8 nitrogen and oxygen atoms in total. The van der Waals surface area contributed by atoms with Gasteiger partial charge in [0, 0.05) is 12.2 Å². The molecule has 0 bridgehead atoms. The van der Waals surface area contributed by atoms with Gasteiger partial charge in [-0.3, -0.25) is 4.79 Å². The summed E-state index contributed by atoms with van der Waals surface area (Å²) in [5, 5.41) is 2.54. The van der Waals surface area contributed by atoms with E-state index in [2.05, 4.69) is 10.3 Å². The molecule has 1 aliphatic rings. The molecule has 2 heterocycles. The first-order valence-corrected chi connectivity index (χ1v) is 8.98. The van der Waals surface area contributed by atoms with E-state index in [1.807, 2.05) is 0 Å². The minimum atomic E-state index is -3.07. The van der Waals surface area contributed by atoms with Crippen molar-refractivity contribution in [2.75, 3.05) is 24.7 Å². The smallest absolute Gasteiger partial charge is 0.344 e. The van der Waals surface area contributed by atoms with Gasteiger partial charge in [0.25, 0.3) is 5.91 Å². The highest BCUT2D eigenvalue weighted by Gasteiger charge is 2.29. The first-order valence-electron chi connectivity index (χ1n) is 7.16. The van der Waals surface area contributed by atoms with Gasteiger partial charge in [-0.15, -0.1) is 0 Å². The van der Waals surface area contributed by atoms with Crippen LogP contribution in [0, 0.1) is 0 Å². The average Bonchev–Trinajstić information content (AvgIpc) is 2.84. The van der Waals surface area contributed by atoms with E-state index < -0.39 is 34.4 Å². The Balaban J connectivity index is 1.86. The molecule has 1 aromatic rings. The van der Waals surface area contributed by atoms with Crippen LogP contribution >= 0.6 is 0 Å². The number of hydrogen-bond donors (Lipinski definition) is 1. The standard InChI is InChI=1S/C14H18N2O6S/c1-2-21-13-11(4-3-6-15-13)14(18)22-8-12(17)16-10-5-7-23(19,20)9-10/h3-4,6,10H,2,5,7-9H2,1H3,(H,16,17). The number of sulfone groups is 1. The molecule has 23 heavy (non-hydrogen) atoms. The third-order valence-corrected chi connectivity index (χ3v) is 4.97. The summed E-state index contributed by atoms with van der Waals surface area (Å²) in [5.74, 6) is -1.14. The molecular formula is C14H18N2O6S. The van der Waals surface area contributed by atoms with E-state index in [-0.39, 0.29) is 22.9 Å². The Kier molecular flexibility index (Phi) is 5.54. The molecule has 126 valence electrons. The van der Waals surface area contributed by atoms with E-state index in [9.17, 15) is 18.0 Å². The lowest BCUT2D eigenvalue weighted by molar-refractivity contribution is -0.124. The summed E-state index contributed by atoms with van der Waals surface area (Å²) < 4.78 is 32.8. The normalized spacial score (nSPS) is 19.1. The van der Waals surface area contributed by atoms with Crippen molar-refractivity contribution < 1.29 is 27.5 Å². The number of aromatic nitrogens is 1. The van der Waals surface area contributed by atoms with Crippen LogP contribution in [0.1, 0.15) is 23.7 Å². The van der Waals surface area contributed by atoms with Crippen molar-refractivity contribution >= 4 is 21.7 Å². The number of nitrogens with zero attached hydrogens (tertiary/aromatic N) is 1. The Bertz CT molecular complexity index is 688. The SMILES string of the molecule is CCOc1ncccc1C(=O)OCC(=O)NC1CCS(=O)(=O)C1. The third kappa shape index (κ3) is 4.92. The van der Waals surface area contributed by atoms with Crippen LogP contribution in [0.5, 0.6) is 5.88 Å². The molecule has 0 saturated carbocycles. The lowest BCUT2D eigenvalue weighted by Crippen LogP contribution is -2.38. The number of ether oxygens (including phenoxy) is 2. The first kappa shape index (κ1) is 17.2. The Labute approximate surface area is 134 Å². The van der Waals surface area contributed by atoms with Gasteiger partial charge in [-0.2, -0.15) is 0 Å². The Morgan fingerprint density at radius 2 is 2.22 bits per heavy atom. The topological polar surface area (TPSA) is 112 Å². The fraction of sp³-hybridized carbons (Fsp3) is 0.500. The predicted molar refractivity (Wildman–Crippen MR) is 80.9 cm³/mol. The van der Waals surface area contributed by atoms with E-state index >= 15 is 0 Å². The second-order valence-corrected chi connectivity index (χ2v) is 7.26. The molecule has 1 N–H and O–H groups in total. The molecule has 1 aromatic heterocycles. The lowest BCUT2D eigenvalue weighted by atomic mass is 10.2. The van der Waals surface area contributed by atoms with Crippen molar-refractivity contribution in [1.29, 1.82) is 0 Å². The van der Waals surface area contributed by atoms with Crippen LogP contribution in [0.3, 0.4) is 0 Å². The van der Waals surface area contributed by atoms with Crippen LogP contribution in [0.15, 0.2) is 18.3 Å². The molecule has 0 aliphatic carbocycles. The number of esters is 1. The average molecular weight is 342 g/mol. The summed E-state index contributed by atoms with van der Waals surface area (Å²) >= 11 is 0. The maximum atomic E-state index is 12.0. The van der Waals surface area contributed by atoms with Crippen molar-refractivity contribution in [3.63, 3.8) is 0 Å². The number of rotatable bonds is 6. The number of amides is 1. The van der Waals surface area contributed by atoms with Crippen LogP contribution in [0.25, 0.3) is 0 Å². The molecule has 1 unspecified atom stereocenters. The molecule has 1 amide bonds. The molecule has 0 radical (unpaired) electrons. The molecule has 1 fully saturated rings. The fourth-order valence-electron chi connectivity index (χ4n) is 2.18. The largest absolute Gasteiger partial charge is 0.477 e. The Morgan fingerprint density at radius 1 is 1.43 bits per heavy atom. The lowest BCUT2D eigenvalue weighted by Gasteiger charge is -2.12. The molecule has 1 atom stereocenters. The van der Waals surface area contributed by atoms with Crippen molar-refractivity contribution in [2.24, 2.45) is 0 Å². The minimum absolute atomic E-state index is 0.0607. The van der Waals surface area contributed by atoms with E-state index in [1.165, 1.54) is 12.3 Å². The molecular weight excluding hydrogens is 324 g/mol. The summed E-state index contributed by atoms with van der Waals surface area (Å²) in [6, 6.07) is 2.62. The van der Waals surface area contributed by atoms with Crippen LogP contribution in [-0.2, 0) is 19.4 Å². The highest BCUT2D eigenvalue weighted by Crippen LogP contribution is 2.15. The highest BCUT2D eigenvalue weighted by molar-refractivity contribution is 7.91. The summed E-state index contributed by atoms with van der Waals surface area (Å²) in [7, 11) is -3.07. The second kappa shape index (κ2) is 7.40. The summed E-state index contributed by atoms with van der Waals surface area (Å²) in [6.07, 6.45) is 1.86. The van der Waals surface area contributed by atoms with Gasteiger partial charge in [0.1, 0.15) is 5.56 Å². The number of carbonyl (C=O) groups is 2. The van der Waals surface area contributed by atoms with Gasteiger partial charge in [0.05, 0.1) is 18.1 Å². The number of pyridine rings is 1. The quantitative estimate of drug-likeness (QED) is 0.721. The predicted octanol–water partition coefficient (Wildman–Crippen LogP) is -0.0596. The van der Waals surface area contributed by atoms with Crippen molar-refractivity contribution in [2.45, 2.75) is 19.4 Å². The maximum absolute atomic E-state index is 12.0. The van der Waals surface area contributed by atoms with Gasteiger partial charge in [-0.1, -0.05) is 0 Å². The van der Waals surface area contributed by atoms with Crippen LogP contribution in [0.4, 0.5) is 0 Å². The van der Waals surface area contributed by atoms with E-state index in [0.717, 1.165) is 0 Å². The van der Waals surface area contributed by atoms with Crippen molar-refractivity contribution in [3.8, 4) is 5.88 Å². The van der Waals surface area contributed by atoms with Gasteiger partial charge < -0.3 is 14.8 Å². The monoisotopic (exact) mass is 342 g/mol.